The molecule has 0 radical (unpaired) electrons. The predicted molar refractivity (Wildman–Crippen MR) is 82.2 cm³/mol. The maximum atomic E-state index is 12.0. The van der Waals surface area contributed by atoms with Gasteiger partial charge in [0.1, 0.15) is 0 Å². The summed E-state index contributed by atoms with van der Waals surface area (Å²) in [5, 5.41) is 8.78. The molecule has 0 aromatic heterocycles. The van der Waals surface area contributed by atoms with Gasteiger partial charge in [0.05, 0.1) is 11.3 Å². The summed E-state index contributed by atoms with van der Waals surface area (Å²) in [6.45, 7) is 1.72. The van der Waals surface area contributed by atoms with Crippen LogP contribution in [0.15, 0.2) is 24.3 Å². The zero-order chi connectivity index (χ0) is 16.0. The van der Waals surface area contributed by atoms with E-state index in [2.05, 4.69) is 4.72 Å². The van der Waals surface area contributed by atoms with Crippen molar-refractivity contribution in [2.45, 2.75) is 25.1 Å². The van der Waals surface area contributed by atoms with E-state index in [1.807, 2.05) is 0 Å². The lowest BCUT2D eigenvalue weighted by atomic mass is 10.1. The number of aromatic carboxylic acids is 1. The molecule has 2 atom stereocenters. The quantitative estimate of drug-likeness (QED) is 0.738. The normalized spacial score (nSPS) is 14.6. The van der Waals surface area contributed by atoms with Crippen molar-refractivity contribution in [2.75, 3.05) is 12.0 Å². The van der Waals surface area contributed by atoms with E-state index in [1.54, 1.807) is 13.2 Å². The summed E-state index contributed by atoms with van der Waals surface area (Å²) >= 11 is 0. The third kappa shape index (κ3) is 6.83. The first-order valence-electron chi connectivity index (χ1n) is 6.32. The van der Waals surface area contributed by atoms with Crippen LogP contribution < -0.4 is 4.72 Å². The molecule has 1 rings (SSSR count). The first kappa shape index (κ1) is 17.8. The molecule has 0 aliphatic rings. The van der Waals surface area contributed by atoms with Gasteiger partial charge in [-0.1, -0.05) is 12.1 Å². The topological polar surface area (TPSA) is 101 Å². The average molecular weight is 333 g/mol. The zero-order valence-electron chi connectivity index (χ0n) is 11.9. The molecular formula is C13H19NO5S2. The van der Waals surface area contributed by atoms with Gasteiger partial charge in [-0.05, 0) is 31.0 Å². The monoisotopic (exact) mass is 333 g/mol. The SMILES string of the molecule is CC(CCS(C)=O)NS(=O)(=O)Cc1ccc(C(=O)O)cc1. The van der Waals surface area contributed by atoms with Crippen LogP contribution in [0.25, 0.3) is 0 Å². The number of nitrogens with one attached hydrogen (secondary N) is 1. The summed E-state index contributed by atoms with van der Waals surface area (Å²) in [4.78, 5) is 10.7. The van der Waals surface area contributed by atoms with Crippen LogP contribution in [-0.2, 0) is 26.6 Å². The number of benzene rings is 1. The van der Waals surface area contributed by atoms with Gasteiger partial charge in [-0.2, -0.15) is 0 Å². The van der Waals surface area contributed by atoms with E-state index >= 15 is 0 Å². The Hall–Kier alpha value is -1.25. The molecule has 0 bridgehead atoms. The fourth-order valence-electron chi connectivity index (χ4n) is 1.71. The number of carboxylic acid groups (broad SMARTS) is 1. The molecule has 21 heavy (non-hydrogen) atoms. The maximum Gasteiger partial charge on any atom is 0.335 e. The van der Waals surface area contributed by atoms with Crippen LogP contribution in [0.5, 0.6) is 0 Å². The van der Waals surface area contributed by atoms with Gasteiger partial charge >= 0.3 is 5.97 Å². The van der Waals surface area contributed by atoms with Gasteiger partial charge < -0.3 is 5.11 Å². The number of carbonyl (C=O) groups is 1. The van der Waals surface area contributed by atoms with Gasteiger partial charge in [-0.15, -0.1) is 0 Å². The van der Waals surface area contributed by atoms with Gasteiger partial charge in [0.2, 0.25) is 10.0 Å². The predicted octanol–water partition coefficient (Wildman–Crippen LogP) is 0.961. The highest BCUT2D eigenvalue weighted by Gasteiger charge is 2.16. The van der Waals surface area contributed by atoms with Crippen LogP contribution in [-0.4, -0.2) is 41.8 Å². The average Bonchev–Trinajstić information content (AvgIpc) is 2.35. The van der Waals surface area contributed by atoms with Crippen molar-refractivity contribution in [1.29, 1.82) is 0 Å². The summed E-state index contributed by atoms with van der Waals surface area (Å²) in [5.74, 6) is -0.826. The van der Waals surface area contributed by atoms with Gasteiger partial charge in [0.15, 0.2) is 0 Å². The van der Waals surface area contributed by atoms with Gasteiger partial charge in [-0.25, -0.2) is 17.9 Å². The molecule has 6 nitrogen and oxygen atoms in total. The lowest BCUT2D eigenvalue weighted by Crippen LogP contribution is -2.34. The highest BCUT2D eigenvalue weighted by Crippen LogP contribution is 2.09. The first-order valence-corrected chi connectivity index (χ1v) is 9.70. The molecule has 0 amide bonds. The van der Waals surface area contributed by atoms with Gasteiger partial charge in [0, 0.05) is 28.9 Å². The molecule has 2 N–H and O–H groups in total. The van der Waals surface area contributed by atoms with E-state index in [-0.39, 0.29) is 17.4 Å². The Morgan fingerprint density at radius 2 is 1.90 bits per heavy atom. The van der Waals surface area contributed by atoms with Gasteiger partial charge in [-0.3, -0.25) is 4.21 Å². The molecule has 118 valence electrons. The van der Waals surface area contributed by atoms with E-state index in [9.17, 15) is 17.4 Å². The molecule has 0 heterocycles. The van der Waals surface area contributed by atoms with Crippen molar-refractivity contribution in [3.63, 3.8) is 0 Å². The van der Waals surface area contributed by atoms with Crippen LogP contribution in [0.3, 0.4) is 0 Å². The fourth-order valence-corrected chi connectivity index (χ4v) is 3.84. The van der Waals surface area contributed by atoms with E-state index in [4.69, 9.17) is 5.11 Å². The van der Waals surface area contributed by atoms with Crippen LogP contribution in [0.1, 0.15) is 29.3 Å². The number of hydrogen-bond donors (Lipinski definition) is 2. The van der Waals surface area contributed by atoms with Crippen molar-refractivity contribution in [1.82, 2.24) is 4.72 Å². The van der Waals surface area contributed by atoms with Crippen LogP contribution in [0.4, 0.5) is 0 Å². The second-order valence-electron chi connectivity index (χ2n) is 4.85. The van der Waals surface area contributed by atoms with Crippen molar-refractivity contribution in [3.8, 4) is 0 Å². The van der Waals surface area contributed by atoms with Crippen molar-refractivity contribution >= 4 is 26.8 Å². The van der Waals surface area contributed by atoms with E-state index in [1.165, 1.54) is 24.3 Å². The Balaban J connectivity index is 2.63. The number of hydrogen-bond acceptors (Lipinski definition) is 4. The van der Waals surface area contributed by atoms with Crippen molar-refractivity contribution in [3.05, 3.63) is 35.4 Å². The summed E-state index contributed by atoms with van der Waals surface area (Å²) in [7, 11) is -4.46. The Morgan fingerprint density at radius 1 is 1.33 bits per heavy atom. The molecule has 2 unspecified atom stereocenters. The third-order valence-electron chi connectivity index (χ3n) is 2.78. The molecule has 1 aromatic rings. The van der Waals surface area contributed by atoms with E-state index in [0.29, 0.717) is 17.7 Å². The van der Waals surface area contributed by atoms with E-state index < -0.39 is 26.8 Å². The van der Waals surface area contributed by atoms with Gasteiger partial charge in [0.25, 0.3) is 0 Å². The van der Waals surface area contributed by atoms with Crippen molar-refractivity contribution in [2.24, 2.45) is 0 Å². The lowest BCUT2D eigenvalue weighted by Gasteiger charge is -2.13. The second kappa shape index (κ2) is 7.67. The highest BCUT2D eigenvalue weighted by atomic mass is 32.2. The number of rotatable bonds is 8. The molecule has 0 aliphatic heterocycles. The molecule has 0 aliphatic carbocycles. The molecule has 1 aromatic carbocycles. The molecule has 0 saturated heterocycles. The molecule has 8 heteroatoms. The van der Waals surface area contributed by atoms with Crippen LogP contribution in [0.2, 0.25) is 0 Å². The largest absolute Gasteiger partial charge is 0.478 e. The number of sulfonamides is 1. The minimum atomic E-state index is -3.51. The summed E-state index contributed by atoms with van der Waals surface area (Å²) in [5.41, 5.74) is 0.627. The zero-order valence-corrected chi connectivity index (χ0v) is 13.5. The Kier molecular flexibility index (Phi) is 6.50. The second-order valence-corrected chi connectivity index (χ2v) is 8.15. The van der Waals surface area contributed by atoms with Crippen molar-refractivity contribution < 1.29 is 22.5 Å². The lowest BCUT2D eigenvalue weighted by molar-refractivity contribution is 0.0697. The first-order chi connectivity index (χ1) is 9.69. The third-order valence-corrected chi connectivity index (χ3v) is 5.06. The fraction of sp³-hybridized carbons (Fsp3) is 0.462. The highest BCUT2D eigenvalue weighted by molar-refractivity contribution is 7.88. The molecular weight excluding hydrogens is 314 g/mol. The molecule has 0 spiro atoms. The summed E-state index contributed by atoms with van der Waals surface area (Å²) in [6.07, 6.45) is 2.07. The Labute approximate surface area is 127 Å². The summed E-state index contributed by atoms with van der Waals surface area (Å²) in [6, 6.07) is 5.41. The van der Waals surface area contributed by atoms with Crippen LogP contribution >= 0.6 is 0 Å². The number of carboxylic acids is 1. The Bertz CT molecular complexity index is 610. The smallest absolute Gasteiger partial charge is 0.335 e. The van der Waals surface area contributed by atoms with E-state index in [0.717, 1.165) is 0 Å². The maximum absolute atomic E-state index is 12.0. The minimum Gasteiger partial charge on any atom is -0.478 e. The molecule has 0 saturated carbocycles. The molecule has 0 fully saturated rings. The standard InChI is InChI=1S/C13H19NO5S2/c1-10(7-8-20(2)17)14-21(18,19)9-11-3-5-12(6-4-11)13(15)16/h3-6,10,14H,7-9H2,1-2H3,(H,15,16). The minimum absolute atomic E-state index is 0.114. The summed E-state index contributed by atoms with van der Waals surface area (Å²) < 4.78 is 37.4. The van der Waals surface area contributed by atoms with Crippen LogP contribution in [0, 0.1) is 0 Å². The Morgan fingerprint density at radius 3 is 2.38 bits per heavy atom.